The molecule has 2 aromatic carbocycles. The maximum absolute atomic E-state index is 6.45. The molecule has 0 unspecified atom stereocenters. The first kappa shape index (κ1) is 30.1. The Morgan fingerprint density at radius 3 is 1.19 bits per heavy atom. The molecule has 0 aliphatic rings. The van der Waals surface area contributed by atoms with Crippen LogP contribution in [0.1, 0.15) is 52.7 Å². The Hall–Kier alpha value is -0.897. The Morgan fingerprint density at radius 2 is 0.935 bits per heavy atom. The topological polar surface area (TPSA) is 24.9 Å². The summed E-state index contributed by atoms with van der Waals surface area (Å²) in [7, 11) is 8.22. The summed E-state index contributed by atoms with van der Waals surface area (Å²) >= 11 is -1.63. The smallest absolute Gasteiger partial charge is 0.147 e. The van der Waals surface area contributed by atoms with E-state index in [1.807, 2.05) is 0 Å². The van der Waals surface area contributed by atoms with E-state index in [-0.39, 0.29) is 35.6 Å². The third-order valence-corrected chi connectivity index (χ3v) is 6.27. The number of nitrogens with zero attached hydrogens (tertiary/aromatic N) is 2. The fourth-order valence-electron chi connectivity index (χ4n) is 3.25. The molecule has 0 spiro atoms. The number of hydrogen-bond acceptors (Lipinski definition) is 4. The Kier molecular flexibility index (Phi) is 11.5. The van der Waals surface area contributed by atoms with Crippen LogP contribution in [0.5, 0.6) is 11.5 Å². The molecular weight excluding hydrogens is 510 g/mol. The van der Waals surface area contributed by atoms with Gasteiger partial charge in [-0.2, -0.15) is 0 Å². The van der Waals surface area contributed by atoms with Gasteiger partial charge in [-0.25, -0.2) is 0 Å². The summed E-state index contributed by atoms with van der Waals surface area (Å²) in [5.74, 6) is 1.91. The van der Waals surface area contributed by atoms with Gasteiger partial charge in [0, 0.05) is 0 Å². The van der Waals surface area contributed by atoms with Crippen LogP contribution < -0.4 is 15.4 Å². The van der Waals surface area contributed by atoms with Crippen molar-refractivity contribution in [1.82, 2.24) is 0 Å². The molecule has 0 aromatic heterocycles. The van der Waals surface area contributed by atoms with E-state index in [0.29, 0.717) is 0 Å². The van der Waals surface area contributed by atoms with Gasteiger partial charge in [-0.3, -0.25) is 0 Å². The van der Waals surface area contributed by atoms with E-state index < -0.39 is 24.1 Å². The van der Waals surface area contributed by atoms with Gasteiger partial charge in [0.1, 0.15) is 0 Å². The number of benzene rings is 2. The van der Waals surface area contributed by atoms with Crippen LogP contribution >= 0.6 is 24.8 Å². The minimum absolute atomic E-state index is 0. The maximum atomic E-state index is 6.45. The second kappa shape index (κ2) is 11.8. The van der Waals surface area contributed by atoms with Crippen molar-refractivity contribution in [2.24, 2.45) is 0 Å². The minimum atomic E-state index is -1.63. The van der Waals surface area contributed by atoms with Crippen molar-refractivity contribution in [2.75, 3.05) is 38.0 Å². The molecule has 0 aliphatic heterocycles. The molecule has 7 heteroatoms. The zero-order chi connectivity index (χ0) is 22.0. The van der Waals surface area contributed by atoms with E-state index >= 15 is 0 Å². The normalized spacial score (nSPS) is 11.0. The first-order valence-electron chi connectivity index (χ1n) is 10.0. The standard InChI is InChI=1S/2C12H19NO.2ClH.Zr/c2*1-12(2,3)9-7-6-8-10(11(9)14)13(4)5;;;/h2*6-8,14H,1-5H3;2*1H;/q;;;;+2/p-2. The predicted octanol–water partition coefficient (Wildman–Crippen LogP) is 6.63. The molecule has 4 nitrogen and oxygen atoms in total. The number of anilines is 2. The van der Waals surface area contributed by atoms with E-state index in [4.69, 9.17) is 5.63 Å². The molecule has 0 saturated carbocycles. The van der Waals surface area contributed by atoms with Crippen molar-refractivity contribution in [3.8, 4) is 11.5 Å². The van der Waals surface area contributed by atoms with Crippen molar-refractivity contribution in [1.29, 1.82) is 0 Å². The zero-order valence-corrected chi connectivity index (χ0v) is 24.6. The first-order chi connectivity index (χ1) is 13.3. The summed E-state index contributed by atoms with van der Waals surface area (Å²) in [6.45, 7) is 13.3. The van der Waals surface area contributed by atoms with Gasteiger partial charge in [-0.15, -0.1) is 24.8 Å². The van der Waals surface area contributed by atoms with Gasteiger partial charge >= 0.3 is 191 Å². The van der Waals surface area contributed by atoms with Gasteiger partial charge in [0.05, 0.1) is 0 Å². The summed E-state index contributed by atoms with van der Waals surface area (Å²) in [6.07, 6.45) is 0. The third-order valence-electron chi connectivity index (χ3n) is 4.86. The van der Waals surface area contributed by atoms with E-state index in [9.17, 15) is 0 Å². The van der Waals surface area contributed by atoms with Crippen molar-refractivity contribution in [3.05, 3.63) is 47.5 Å². The average molecular weight is 549 g/mol. The first-order valence-corrected chi connectivity index (χ1v) is 12.0. The number of para-hydroxylation sites is 2. The van der Waals surface area contributed by atoms with Gasteiger partial charge in [0.25, 0.3) is 0 Å². The Labute approximate surface area is 214 Å². The molecule has 0 radical (unpaired) electrons. The van der Waals surface area contributed by atoms with Gasteiger partial charge in [-0.1, -0.05) is 0 Å². The second-order valence-corrected chi connectivity index (χ2v) is 11.3. The quantitative estimate of drug-likeness (QED) is 0.405. The molecule has 0 bridgehead atoms. The van der Waals surface area contributed by atoms with Crippen LogP contribution in [0, 0.1) is 0 Å². The molecule has 2 aromatic rings. The van der Waals surface area contributed by atoms with Crippen molar-refractivity contribution >= 4 is 36.2 Å². The predicted molar refractivity (Wildman–Crippen MR) is 135 cm³/mol. The van der Waals surface area contributed by atoms with Crippen LogP contribution in [-0.2, 0) is 34.9 Å². The van der Waals surface area contributed by atoms with E-state index in [0.717, 1.165) is 22.9 Å². The second-order valence-electron chi connectivity index (χ2n) is 9.88. The van der Waals surface area contributed by atoms with Gasteiger partial charge in [0.2, 0.25) is 0 Å². The number of hydrogen-bond donors (Lipinski definition) is 0. The average Bonchev–Trinajstić information content (AvgIpc) is 2.59. The van der Waals surface area contributed by atoms with Crippen molar-refractivity contribution in [3.63, 3.8) is 0 Å². The molecule has 0 heterocycles. The summed E-state index contributed by atoms with van der Waals surface area (Å²) in [6, 6.07) is 12.8. The van der Waals surface area contributed by atoms with E-state index in [1.54, 1.807) is 0 Å². The molecule has 0 fully saturated rings. The van der Waals surface area contributed by atoms with Gasteiger partial charge in [0.15, 0.2) is 0 Å². The summed E-state index contributed by atoms with van der Waals surface area (Å²) in [5.41, 5.74) is 4.62. The van der Waals surface area contributed by atoms with Crippen LogP contribution in [0.15, 0.2) is 36.4 Å². The molecular formula is C24H38Cl2N2O2Zr. The fourth-order valence-corrected chi connectivity index (χ4v) is 4.82. The minimum Gasteiger partial charge on any atom is -0.147 e. The number of halogens is 2. The van der Waals surface area contributed by atoms with Crippen molar-refractivity contribution in [2.45, 2.75) is 52.4 Å². The molecule has 0 atom stereocenters. The third kappa shape index (κ3) is 7.58. The molecule has 2 rings (SSSR count). The summed E-state index contributed by atoms with van der Waals surface area (Å²) in [5, 5.41) is 0. The maximum Gasteiger partial charge on any atom is -0.147 e. The summed E-state index contributed by atoms with van der Waals surface area (Å²) in [4.78, 5) is 4.22. The SMILES string of the molecule is CN(C)c1cccc(C(C)(C)C)c1[O][Zr][O]c1c(N(C)C)cccc1C(C)(C)C.Cl.Cl. The largest absolute Gasteiger partial charge is 0.147 e. The fraction of sp³-hybridized carbons (Fsp3) is 0.500. The molecule has 0 saturated heterocycles. The Morgan fingerprint density at radius 1 is 0.613 bits per heavy atom. The van der Waals surface area contributed by atoms with E-state index in [2.05, 4.69) is 116 Å². The Balaban J connectivity index is 0.00000450. The van der Waals surface area contributed by atoms with Gasteiger partial charge < -0.3 is 0 Å². The van der Waals surface area contributed by atoms with Crippen molar-refractivity contribution < 1.29 is 29.7 Å². The molecule has 0 aliphatic carbocycles. The molecule has 174 valence electrons. The van der Waals surface area contributed by atoms with Crippen LogP contribution in [0.3, 0.4) is 0 Å². The number of rotatable bonds is 6. The van der Waals surface area contributed by atoms with Crippen LogP contribution in [-0.4, -0.2) is 28.2 Å². The van der Waals surface area contributed by atoms with Crippen LogP contribution in [0.25, 0.3) is 0 Å². The molecule has 0 N–H and O–H groups in total. The van der Waals surface area contributed by atoms with Crippen LogP contribution in [0.2, 0.25) is 0 Å². The molecule has 0 amide bonds. The monoisotopic (exact) mass is 546 g/mol. The Bertz CT molecular complexity index is 775. The van der Waals surface area contributed by atoms with Crippen LogP contribution in [0.4, 0.5) is 11.4 Å². The molecule has 31 heavy (non-hydrogen) atoms. The van der Waals surface area contributed by atoms with Gasteiger partial charge in [-0.05, 0) is 0 Å². The van der Waals surface area contributed by atoms with E-state index in [1.165, 1.54) is 11.1 Å². The summed E-state index contributed by atoms with van der Waals surface area (Å²) < 4.78 is 12.9. The zero-order valence-electron chi connectivity index (χ0n) is 20.5.